The molecule has 96 valence electrons. The second-order valence-electron chi connectivity index (χ2n) is 5.11. The van der Waals surface area contributed by atoms with Gasteiger partial charge in [0.25, 0.3) is 0 Å². The number of benzene rings is 1. The second kappa shape index (κ2) is 4.61. The first-order chi connectivity index (χ1) is 8.75. The van der Waals surface area contributed by atoms with Gasteiger partial charge < -0.3 is 15.1 Å². The molecule has 1 aromatic carbocycles. The Bertz CT molecular complexity index is 460. The van der Waals surface area contributed by atoms with Gasteiger partial charge in [-0.05, 0) is 18.6 Å². The summed E-state index contributed by atoms with van der Waals surface area (Å²) >= 11 is 0. The van der Waals surface area contributed by atoms with E-state index in [4.69, 9.17) is 0 Å². The fourth-order valence-corrected chi connectivity index (χ4v) is 2.93. The van der Waals surface area contributed by atoms with E-state index in [1.165, 1.54) is 11.3 Å². The zero-order chi connectivity index (χ0) is 12.5. The first-order valence-corrected chi connectivity index (χ1v) is 6.56. The minimum absolute atomic E-state index is 0.260. The van der Waals surface area contributed by atoms with Crippen molar-refractivity contribution in [1.82, 2.24) is 10.2 Å². The van der Waals surface area contributed by atoms with Gasteiger partial charge in [0.2, 0.25) is 5.91 Å². The summed E-state index contributed by atoms with van der Waals surface area (Å²) in [6.45, 7) is 6.24. The molecule has 4 heteroatoms. The number of piperazine rings is 2. The van der Waals surface area contributed by atoms with E-state index in [2.05, 4.69) is 29.3 Å². The van der Waals surface area contributed by atoms with Crippen LogP contribution in [0.5, 0.6) is 0 Å². The Morgan fingerprint density at radius 1 is 1.33 bits per heavy atom. The minimum Gasteiger partial charge on any atom is -0.360 e. The molecule has 0 radical (unpaired) electrons. The van der Waals surface area contributed by atoms with Crippen LogP contribution in [0.4, 0.5) is 5.69 Å². The summed E-state index contributed by atoms with van der Waals surface area (Å²) in [7, 11) is 0. The van der Waals surface area contributed by atoms with Crippen LogP contribution in [-0.4, -0.2) is 49.6 Å². The molecule has 0 aromatic heterocycles. The van der Waals surface area contributed by atoms with Gasteiger partial charge in [-0.15, -0.1) is 0 Å². The van der Waals surface area contributed by atoms with Crippen LogP contribution in [-0.2, 0) is 4.79 Å². The van der Waals surface area contributed by atoms with E-state index in [9.17, 15) is 4.79 Å². The first kappa shape index (κ1) is 11.5. The molecule has 1 unspecified atom stereocenters. The molecule has 0 bridgehead atoms. The lowest BCUT2D eigenvalue weighted by atomic mass is 10.1. The minimum atomic E-state index is 0.260. The fraction of sp³-hybridized carbons (Fsp3) is 0.500. The van der Waals surface area contributed by atoms with E-state index in [1.807, 2.05) is 17.0 Å². The van der Waals surface area contributed by atoms with Crippen molar-refractivity contribution in [1.29, 1.82) is 0 Å². The van der Waals surface area contributed by atoms with Crippen LogP contribution in [0.1, 0.15) is 5.56 Å². The van der Waals surface area contributed by atoms with Gasteiger partial charge in [0.1, 0.15) is 0 Å². The predicted molar refractivity (Wildman–Crippen MR) is 71.8 cm³/mol. The molecule has 18 heavy (non-hydrogen) atoms. The monoisotopic (exact) mass is 245 g/mol. The number of carbonyl (C=O) groups is 1. The van der Waals surface area contributed by atoms with Crippen molar-refractivity contribution >= 4 is 11.6 Å². The molecular formula is C14H19N3O. The zero-order valence-corrected chi connectivity index (χ0v) is 10.7. The van der Waals surface area contributed by atoms with E-state index in [1.54, 1.807) is 0 Å². The van der Waals surface area contributed by atoms with Gasteiger partial charge in [0.15, 0.2) is 0 Å². The van der Waals surface area contributed by atoms with E-state index in [0.717, 1.165) is 26.2 Å². The molecule has 1 N–H and O–H groups in total. The number of fused-ring (bicyclic) bond motifs is 1. The summed E-state index contributed by atoms with van der Waals surface area (Å²) in [6, 6.07) is 8.61. The summed E-state index contributed by atoms with van der Waals surface area (Å²) < 4.78 is 0. The number of rotatable bonds is 1. The fourth-order valence-electron chi connectivity index (χ4n) is 2.93. The van der Waals surface area contributed by atoms with Crippen LogP contribution >= 0.6 is 0 Å². The molecule has 3 rings (SSSR count). The van der Waals surface area contributed by atoms with Gasteiger partial charge in [-0.1, -0.05) is 18.2 Å². The number of carbonyl (C=O) groups excluding carboxylic acids is 1. The second-order valence-corrected chi connectivity index (χ2v) is 5.11. The molecule has 1 aromatic rings. The largest absolute Gasteiger partial charge is 0.360 e. The van der Waals surface area contributed by atoms with Crippen molar-refractivity contribution in [2.75, 3.05) is 37.6 Å². The van der Waals surface area contributed by atoms with Gasteiger partial charge >= 0.3 is 0 Å². The van der Waals surface area contributed by atoms with Crippen LogP contribution in [0, 0.1) is 6.92 Å². The van der Waals surface area contributed by atoms with Crippen molar-refractivity contribution < 1.29 is 4.79 Å². The number of hydrogen-bond donors (Lipinski definition) is 1. The number of anilines is 1. The Morgan fingerprint density at radius 2 is 2.17 bits per heavy atom. The van der Waals surface area contributed by atoms with E-state index in [0.29, 0.717) is 12.6 Å². The molecule has 4 nitrogen and oxygen atoms in total. The number of para-hydroxylation sites is 1. The van der Waals surface area contributed by atoms with Gasteiger partial charge in [-0.25, -0.2) is 0 Å². The Labute approximate surface area is 108 Å². The average Bonchev–Trinajstić information content (AvgIpc) is 2.39. The van der Waals surface area contributed by atoms with Crippen LogP contribution in [0.25, 0.3) is 0 Å². The number of aryl methyl sites for hydroxylation is 1. The lowest BCUT2D eigenvalue weighted by molar-refractivity contribution is -0.134. The summed E-state index contributed by atoms with van der Waals surface area (Å²) in [5.74, 6) is 0.260. The Balaban J connectivity index is 1.83. The van der Waals surface area contributed by atoms with Crippen molar-refractivity contribution in [2.45, 2.75) is 13.0 Å². The van der Waals surface area contributed by atoms with Crippen molar-refractivity contribution in [3.63, 3.8) is 0 Å². The molecule has 1 amide bonds. The lowest BCUT2D eigenvalue weighted by Crippen LogP contribution is -2.63. The number of hydrogen-bond acceptors (Lipinski definition) is 3. The molecule has 2 fully saturated rings. The molecule has 0 aliphatic carbocycles. The molecule has 0 spiro atoms. The molecule has 1 atom stereocenters. The third-order valence-corrected chi connectivity index (χ3v) is 3.88. The molecule has 2 saturated heterocycles. The summed E-state index contributed by atoms with van der Waals surface area (Å²) in [6.07, 6.45) is 0. The maximum absolute atomic E-state index is 12.2. The van der Waals surface area contributed by atoms with Gasteiger partial charge in [-0.3, -0.25) is 4.79 Å². The SMILES string of the molecule is Cc1ccccc1N1CC(=O)N2CCNCC2C1. The van der Waals surface area contributed by atoms with Crippen molar-refractivity contribution in [3.05, 3.63) is 29.8 Å². The highest BCUT2D eigenvalue weighted by molar-refractivity contribution is 5.83. The first-order valence-electron chi connectivity index (χ1n) is 6.56. The molecule has 2 aliphatic heterocycles. The van der Waals surface area contributed by atoms with Gasteiger partial charge in [0, 0.05) is 31.9 Å². The number of nitrogens with zero attached hydrogens (tertiary/aromatic N) is 2. The summed E-state index contributed by atoms with van der Waals surface area (Å²) in [4.78, 5) is 16.4. The molecule has 2 aliphatic rings. The molecule has 2 heterocycles. The van der Waals surface area contributed by atoms with Gasteiger partial charge in [0.05, 0.1) is 12.6 Å². The van der Waals surface area contributed by atoms with E-state index >= 15 is 0 Å². The molecule has 0 saturated carbocycles. The smallest absolute Gasteiger partial charge is 0.242 e. The predicted octanol–water partition coefficient (Wildman–Crippen LogP) is 0.615. The van der Waals surface area contributed by atoms with Crippen LogP contribution < -0.4 is 10.2 Å². The Morgan fingerprint density at radius 3 is 3.00 bits per heavy atom. The average molecular weight is 245 g/mol. The zero-order valence-electron chi connectivity index (χ0n) is 10.7. The lowest BCUT2D eigenvalue weighted by Gasteiger charge is -2.45. The maximum Gasteiger partial charge on any atom is 0.242 e. The summed E-state index contributed by atoms with van der Waals surface area (Å²) in [5.41, 5.74) is 2.43. The Hall–Kier alpha value is -1.55. The third kappa shape index (κ3) is 1.97. The third-order valence-electron chi connectivity index (χ3n) is 3.88. The number of nitrogens with one attached hydrogen (secondary N) is 1. The quantitative estimate of drug-likeness (QED) is 0.787. The summed E-state index contributed by atoms with van der Waals surface area (Å²) in [5, 5.41) is 3.37. The highest BCUT2D eigenvalue weighted by Gasteiger charge is 2.34. The van der Waals surface area contributed by atoms with Crippen molar-refractivity contribution in [2.24, 2.45) is 0 Å². The van der Waals surface area contributed by atoms with Crippen LogP contribution in [0.2, 0.25) is 0 Å². The number of amides is 1. The highest BCUT2D eigenvalue weighted by atomic mass is 16.2. The van der Waals surface area contributed by atoms with Crippen LogP contribution in [0.15, 0.2) is 24.3 Å². The topological polar surface area (TPSA) is 35.6 Å². The Kier molecular flexibility index (Phi) is 2.96. The normalized spacial score (nSPS) is 24.1. The van der Waals surface area contributed by atoms with E-state index < -0.39 is 0 Å². The van der Waals surface area contributed by atoms with Crippen LogP contribution in [0.3, 0.4) is 0 Å². The molecular weight excluding hydrogens is 226 g/mol. The van der Waals surface area contributed by atoms with E-state index in [-0.39, 0.29) is 5.91 Å². The highest BCUT2D eigenvalue weighted by Crippen LogP contribution is 2.23. The standard InChI is InChI=1S/C14H19N3O/c1-11-4-2-3-5-13(11)16-9-12-8-15-6-7-17(12)14(18)10-16/h2-5,12,15H,6-10H2,1H3. The van der Waals surface area contributed by atoms with Crippen molar-refractivity contribution in [3.8, 4) is 0 Å². The van der Waals surface area contributed by atoms with Gasteiger partial charge in [-0.2, -0.15) is 0 Å². The maximum atomic E-state index is 12.2.